The van der Waals surface area contributed by atoms with E-state index in [0.717, 1.165) is 24.0 Å². The molecule has 0 spiro atoms. The second-order valence-electron chi connectivity index (χ2n) is 13.9. The van der Waals surface area contributed by atoms with E-state index in [4.69, 9.17) is 0 Å². The van der Waals surface area contributed by atoms with Crippen LogP contribution in [0.3, 0.4) is 0 Å². The number of Topliss-reactive ketones (excluding diaryl/α,β-unsaturated/α-hetero) is 2. The summed E-state index contributed by atoms with van der Waals surface area (Å²) >= 11 is 9.54. The van der Waals surface area contributed by atoms with Crippen LogP contribution in [0.1, 0.15) is 139 Å². The van der Waals surface area contributed by atoms with Gasteiger partial charge >= 0.3 is 50.5 Å². The Kier molecular flexibility index (Phi) is 25.5. The molecule has 0 amide bonds. The van der Waals surface area contributed by atoms with Crippen molar-refractivity contribution in [2.24, 2.45) is 10.8 Å². The molecule has 7 heteroatoms. The zero-order chi connectivity index (χ0) is 41.9. The van der Waals surface area contributed by atoms with Crippen LogP contribution in [0.4, 0.5) is 0 Å². The van der Waals surface area contributed by atoms with Crippen LogP contribution >= 0.6 is 74.5 Å². The molecular formula is C48H62I5O2-. The topological polar surface area (TPSA) is 34.1 Å². The van der Waals surface area contributed by atoms with Gasteiger partial charge in [-0.25, -0.2) is 0 Å². The van der Waals surface area contributed by atoms with Crippen LogP contribution in [0.15, 0.2) is 97.1 Å². The van der Waals surface area contributed by atoms with Gasteiger partial charge in [-0.15, -0.1) is 0 Å². The fraction of sp³-hybridized carbons (Fsp3) is 0.417. The molecule has 55 heavy (non-hydrogen) atoms. The quantitative estimate of drug-likeness (QED) is 0.164. The SMILES string of the molecule is CC.CC.CC.CC.CC1(C)Cc2ccccc2C2=C1c1ccccc1CC2=O.CC1(C)Cc2ccccc2C2C(=O)Cc3ccccc3C21.II.I[I-]I. The average molecular weight is 1310 g/mol. The Labute approximate surface area is 388 Å². The van der Waals surface area contributed by atoms with E-state index in [9.17, 15) is 9.59 Å². The average Bonchev–Trinajstić information content (AvgIpc) is 3.21. The Morgan fingerprint density at radius 3 is 1.55 bits per heavy atom. The first-order valence-electron chi connectivity index (χ1n) is 19.7. The number of rotatable bonds is 0. The van der Waals surface area contributed by atoms with Gasteiger partial charge in [0.2, 0.25) is 0 Å². The first-order valence-corrected chi connectivity index (χ1v) is 38.6. The number of fused-ring (bicyclic) bond motifs is 9. The molecular weight excluding hydrogens is 1240 g/mol. The number of ketones is 2. The molecule has 0 fully saturated rings. The van der Waals surface area contributed by atoms with Gasteiger partial charge in [0.05, 0.1) is 5.92 Å². The van der Waals surface area contributed by atoms with E-state index in [1.807, 2.05) is 67.5 Å². The van der Waals surface area contributed by atoms with Gasteiger partial charge in [0.15, 0.2) is 5.78 Å². The van der Waals surface area contributed by atoms with Crippen molar-refractivity contribution >= 4 is 97.2 Å². The molecule has 0 radical (unpaired) electrons. The molecule has 4 aliphatic carbocycles. The van der Waals surface area contributed by atoms with Crippen LogP contribution < -0.4 is 13.3 Å². The van der Waals surface area contributed by atoms with Gasteiger partial charge in [0.1, 0.15) is 5.78 Å². The summed E-state index contributed by atoms with van der Waals surface area (Å²) in [5, 5.41) is 0. The third-order valence-corrected chi connectivity index (χ3v) is 10.1. The Hall–Kier alpha value is -0.390. The van der Waals surface area contributed by atoms with Crippen LogP contribution in [0, 0.1) is 10.8 Å². The monoisotopic (exact) mass is 1300 g/mol. The van der Waals surface area contributed by atoms with E-state index in [-0.39, 0.29) is 22.5 Å². The van der Waals surface area contributed by atoms with Gasteiger partial charge in [0.25, 0.3) is 0 Å². The maximum atomic E-state index is 12.8. The van der Waals surface area contributed by atoms with E-state index in [0.29, 0.717) is 37.8 Å². The molecule has 2 atom stereocenters. The van der Waals surface area contributed by atoms with Crippen molar-refractivity contribution in [1.29, 1.82) is 0 Å². The molecule has 0 saturated heterocycles. The Morgan fingerprint density at radius 2 is 0.982 bits per heavy atom. The number of hydrogen-bond donors (Lipinski definition) is 0. The van der Waals surface area contributed by atoms with Crippen molar-refractivity contribution < 1.29 is 22.8 Å². The van der Waals surface area contributed by atoms with Gasteiger partial charge in [-0.2, -0.15) is 0 Å². The summed E-state index contributed by atoms with van der Waals surface area (Å²) in [6, 6.07) is 33.8. The van der Waals surface area contributed by atoms with Crippen LogP contribution in [-0.4, -0.2) is 11.6 Å². The van der Waals surface area contributed by atoms with Crippen molar-refractivity contribution in [3.63, 3.8) is 0 Å². The predicted octanol–water partition coefficient (Wildman–Crippen LogP) is 13.2. The van der Waals surface area contributed by atoms with Gasteiger partial charge in [-0.3, -0.25) is 9.59 Å². The third-order valence-electron chi connectivity index (χ3n) is 10.1. The molecule has 0 saturated carbocycles. The van der Waals surface area contributed by atoms with Gasteiger partial charge < -0.3 is 0 Å². The number of benzene rings is 4. The Bertz CT molecular complexity index is 1820. The van der Waals surface area contributed by atoms with Gasteiger partial charge in [0, 0.05) is 61.6 Å². The molecule has 0 N–H and O–H groups in total. The summed E-state index contributed by atoms with van der Waals surface area (Å²) in [5.41, 5.74) is 12.4. The molecule has 0 aliphatic heterocycles. The maximum absolute atomic E-state index is 12.8. The van der Waals surface area contributed by atoms with E-state index in [1.54, 1.807) is 0 Å². The van der Waals surface area contributed by atoms with Crippen LogP contribution in [0.2, 0.25) is 0 Å². The van der Waals surface area contributed by atoms with Crippen molar-refractivity contribution in [3.8, 4) is 0 Å². The number of hydrogen-bond acceptors (Lipinski definition) is 2. The molecule has 302 valence electrons. The number of carbonyl (C=O) groups is 2. The number of halogens is 5. The summed E-state index contributed by atoms with van der Waals surface area (Å²) in [5.74, 6) is 1.01. The van der Waals surface area contributed by atoms with E-state index < -0.39 is 0 Å². The molecule has 0 heterocycles. The molecule has 4 aromatic rings. The molecule has 8 rings (SSSR count). The molecule has 2 nitrogen and oxygen atoms in total. The molecule has 0 aromatic heterocycles. The molecule has 0 bridgehead atoms. The second kappa shape index (κ2) is 26.7. The minimum atomic E-state index is -0.00410. The van der Waals surface area contributed by atoms with Gasteiger partial charge in [-0.05, 0) is 73.8 Å². The molecule has 4 aromatic carbocycles. The first-order chi connectivity index (χ1) is 26.6. The second-order valence-corrected chi connectivity index (χ2v) is 30.2. The summed E-state index contributed by atoms with van der Waals surface area (Å²) in [6.45, 7) is 25.1. The summed E-state index contributed by atoms with van der Waals surface area (Å²) in [6.07, 6.45) is 3.15. The first kappa shape index (κ1) is 52.6. The molecule has 4 aliphatic rings. The van der Waals surface area contributed by atoms with E-state index in [1.165, 1.54) is 44.5 Å². The Morgan fingerprint density at radius 1 is 0.545 bits per heavy atom. The minimum absolute atomic E-state index is 0.00410. The fourth-order valence-corrected chi connectivity index (χ4v) is 8.41. The van der Waals surface area contributed by atoms with Crippen molar-refractivity contribution in [3.05, 3.63) is 142 Å². The molecule has 2 unspecified atom stereocenters. The normalized spacial score (nSPS) is 18.0. The van der Waals surface area contributed by atoms with Crippen molar-refractivity contribution in [2.75, 3.05) is 0 Å². The number of allylic oxidation sites excluding steroid dienone is 2. The van der Waals surface area contributed by atoms with Crippen molar-refractivity contribution in [2.45, 2.75) is 121 Å². The standard InChI is InChI=1S/C20H20O.C20H18O.4C2H6.I3.I2/c2*1-20(2)12-14-8-4-5-9-15(14)18-17(21)11-13-7-3-6-10-16(13)19(18)20;4*1-2;1-3-2;1-2/h3-10,18-19H,11-12H2,1-2H3;3-10H,11-12H2,1-2H3;4*1-2H3;;/q;;;;;;-1;. The van der Waals surface area contributed by atoms with E-state index >= 15 is 0 Å². The van der Waals surface area contributed by atoms with Crippen LogP contribution in [0.5, 0.6) is 0 Å². The van der Waals surface area contributed by atoms with Crippen LogP contribution in [0.25, 0.3) is 11.1 Å². The zero-order valence-corrected chi connectivity index (χ0v) is 45.7. The van der Waals surface area contributed by atoms with E-state index in [2.05, 4.69) is 187 Å². The van der Waals surface area contributed by atoms with Gasteiger partial charge in [-0.1, -0.05) is 180 Å². The zero-order valence-electron chi connectivity index (χ0n) is 34.9. The number of carbonyl (C=O) groups excluding carboxylic acids is 2. The summed E-state index contributed by atoms with van der Waals surface area (Å²) in [7, 11) is 0. The van der Waals surface area contributed by atoms with Crippen LogP contribution in [-0.2, 0) is 35.3 Å². The fourth-order valence-electron chi connectivity index (χ4n) is 8.41. The summed E-state index contributed by atoms with van der Waals surface area (Å²) < 4.78 is 0. The Balaban J connectivity index is 0.000000425. The summed E-state index contributed by atoms with van der Waals surface area (Å²) in [4.78, 5) is 25.6. The predicted molar refractivity (Wildman–Crippen MR) is 272 cm³/mol. The van der Waals surface area contributed by atoms with Crippen molar-refractivity contribution in [1.82, 2.24) is 0 Å². The third kappa shape index (κ3) is 12.8.